The van der Waals surface area contributed by atoms with E-state index in [1.807, 2.05) is 18.4 Å². The number of anilines is 2. The zero-order chi connectivity index (χ0) is 22.7. The fourth-order valence-corrected chi connectivity index (χ4v) is 5.90. The standard InChI is InChI=1S/C21H26N6O3S2/c1-2-3-9-26-18(22)16(19(29)25-21(26)30)27(13-6-4-5-7-13)15(28)11-32-20-17-14(8-10-31-17)23-12-24-20/h8,10,12-13H,2-7,9,11,22H2,1H3,(H,25,29,30). The van der Waals surface area contributed by atoms with Crippen LogP contribution in [0.25, 0.3) is 10.2 Å². The van der Waals surface area contributed by atoms with E-state index in [0.29, 0.717) is 6.54 Å². The van der Waals surface area contributed by atoms with Crippen LogP contribution < -0.4 is 21.9 Å². The predicted molar refractivity (Wildman–Crippen MR) is 129 cm³/mol. The Hall–Kier alpha value is -2.66. The van der Waals surface area contributed by atoms with Crippen molar-refractivity contribution < 1.29 is 4.79 Å². The molecule has 3 aromatic heterocycles. The van der Waals surface area contributed by atoms with Gasteiger partial charge in [0.1, 0.15) is 17.2 Å². The summed E-state index contributed by atoms with van der Waals surface area (Å²) in [4.78, 5) is 51.1. The van der Waals surface area contributed by atoms with Crippen LogP contribution in [0.15, 0.2) is 32.4 Å². The Balaban J connectivity index is 1.67. The summed E-state index contributed by atoms with van der Waals surface area (Å²) in [7, 11) is 0. The number of thioether (sulfide) groups is 1. The number of amides is 1. The number of fused-ring (bicyclic) bond motifs is 1. The number of hydrogen-bond acceptors (Lipinski definition) is 8. The molecule has 4 rings (SSSR count). The van der Waals surface area contributed by atoms with Crippen molar-refractivity contribution in [3.63, 3.8) is 0 Å². The first-order chi connectivity index (χ1) is 15.5. The zero-order valence-electron chi connectivity index (χ0n) is 17.9. The van der Waals surface area contributed by atoms with Crippen LogP contribution in [0, 0.1) is 0 Å². The Morgan fingerprint density at radius 2 is 2.12 bits per heavy atom. The van der Waals surface area contributed by atoms with Crippen LogP contribution in [0.4, 0.5) is 11.5 Å². The van der Waals surface area contributed by atoms with Gasteiger partial charge in [0.15, 0.2) is 5.69 Å². The van der Waals surface area contributed by atoms with Crippen LogP contribution in [-0.2, 0) is 11.3 Å². The number of aromatic amines is 1. The number of aromatic nitrogens is 4. The van der Waals surface area contributed by atoms with Gasteiger partial charge in [-0.15, -0.1) is 11.3 Å². The van der Waals surface area contributed by atoms with Crippen molar-refractivity contribution in [3.8, 4) is 0 Å². The number of hydrogen-bond donors (Lipinski definition) is 2. The van der Waals surface area contributed by atoms with Crippen molar-refractivity contribution in [2.24, 2.45) is 0 Å². The van der Waals surface area contributed by atoms with Crippen LogP contribution in [0.1, 0.15) is 45.4 Å². The number of nitrogens with zero attached hydrogens (tertiary/aromatic N) is 4. The van der Waals surface area contributed by atoms with Crippen LogP contribution >= 0.6 is 23.1 Å². The smallest absolute Gasteiger partial charge is 0.330 e. The SMILES string of the molecule is CCCCn1c(N)c(N(C(=O)CSc2ncnc3ccsc23)C2CCCC2)c(=O)[nH]c1=O. The molecular weight excluding hydrogens is 448 g/mol. The molecular formula is C21H26N6O3S2. The molecule has 1 amide bonds. The minimum atomic E-state index is -0.617. The summed E-state index contributed by atoms with van der Waals surface area (Å²) >= 11 is 2.85. The lowest BCUT2D eigenvalue weighted by Gasteiger charge is -2.29. The third-order valence-corrected chi connectivity index (χ3v) is 7.71. The predicted octanol–water partition coefficient (Wildman–Crippen LogP) is 2.99. The Kier molecular flexibility index (Phi) is 6.95. The third kappa shape index (κ3) is 4.44. The average Bonchev–Trinajstić information content (AvgIpc) is 3.47. The van der Waals surface area contributed by atoms with E-state index >= 15 is 0 Å². The Bertz CT molecular complexity index is 1230. The van der Waals surface area contributed by atoms with Gasteiger partial charge in [-0.25, -0.2) is 14.8 Å². The third-order valence-electron chi connectivity index (χ3n) is 5.69. The Morgan fingerprint density at radius 3 is 2.88 bits per heavy atom. The lowest BCUT2D eigenvalue weighted by atomic mass is 10.2. The van der Waals surface area contributed by atoms with Crippen LogP contribution in [0.3, 0.4) is 0 Å². The monoisotopic (exact) mass is 474 g/mol. The van der Waals surface area contributed by atoms with E-state index in [0.717, 1.165) is 53.8 Å². The van der Waals surface area contributed by atoms with Gasteiger partial charge in [-0.2, -0.15) is 0 Å². The second-order valence-corrected chi connectivity index (χ2v) is 9.68. The number of carbonyl (C=O) groups is 1. The molecule has 1 fully saturated rings. The second kappa shape index (κ2) is 9.86. The van der Waals surface area contributed by atoms with Crippen molar-refractivity contribution in [1.29, 1.82) is 0 Å². The highest BCUT2D eigenvalue weighted by Crippen LogP contribution is 2.32. The first-order valence-corrected chi connectivity index (χ1v) is 12.6. The van der Waals surface area contributed by atoms with E-state index in [-0.39, 0.29) is 29.2 Å². The molecule has 3 N–H and O–H groups in total. The Labute approximate surface area is 193 Å². The molecule has 0 atom stereocenters. The molecule has 0 spiro atoms. The normalized spacial score (nSPS) is 14.3. The number of nitrogen functional groups attached to an aromatic ring is 1. The summed E-state index contributed by atoms with van der Waals surface area (Å²) < 4.78 is 2.30. The maximum atomic E-state index is 13.5. The molecule has 11 heteroatoms. The zero-order valence-corrected chi connectivity index (χ0v) is 19.5. The topological polar surface area (TPSA) is 127 Å². The molecule has 3 heterocycles. The molecule has 170 valence electrons. The summed E-state index contributed by atoms with van der Waals surface area (Å²) in [6.07, 6.45) is 6.67. The van der Waals surface area contributed by atoms with Gasteiger partial charge in [-0.05, 0) is 30.7 Å². The van der Waals surface area contributed by atoms with E-state index in [9.17, 15) is 14.4 Å². The molecule has 1 aliphatic carbocycles. The van der Waals surface area contributed by atoms with E-state index in [1.165, 1.54) is 38.9 Å². The van der Waals surface area contributed by atoms with Crippen LogP contribution in [-0.4, -0.2) is 37.2 Å². The number of nitrogens with two attached hydrogens (primary N) is 1. The maximum absolute atomic E-state index is 13.5. The number of H-pyrrole nitrogens is 1. The number of unbranched alkanes of at least 4 members (excludes halogenated alkanes) is 1. The van der Waals surface area contributed by atoms with Gasteiger partial charge in [0.2, 0.25) is 5.91 Å². The van der Waals surface area contributed by atoms with Gasteiger partial charge in [0.25, 0.3) is 5.56 Å². The van der Waals surface area contributed by atoms with Gasteiger partial charge in [0, 0.05) is 12.6 Å². The first kappa shape index (κ1) is 22.5. The summed E-state index contributed by atoms with van der Waals surface area (Å²) in [5, 5.41) is 2.68. The van der Waals surface area contributed by atoms with Crippen molar-refractivity contribution in [3.05, 3.63) is 38.6 Å². The molecule has 0 unspecified atom stereocenters. The van der Waals surface area contributed by atoms with Crippen molar-refractivity contribution in [2.45, 2.75) is 63.1 Å². The number of rotatable bonds is 8. The summed E-state index contributed by atoms with van der Waals surface area (Å²) in [6, 6.07) is 1.80. The lowest BCUT2D eigenvalue weighted by molar-refractivity contribution is -0.116. The molecule has 32 heavy (non-hydrogen) atoms. The van der Waals surface area contributed by atoms with E-state index in [4.69, 9.17) is 5.73 Å². The highest BCUT2D eigenvalue weighted by molar-refractivity contribution is 8.00. The highest BCUT2D eigenvalue weighted by atomic mass is 32.2. The number of thiophene rings is 1. The number of nitrogens with one attached hydrogen (secondary N) is 1. The summed E-state index contributed by atoms with van der Waals surface area (Å²) in [6.45, 7) is 2.40. The van der Waals surface area contributed by atoms with Crippen molar-refractivity contribution in [1.82, 2.24) is 19.5 Å². The first-order valence-electron chi connectivity index (χ1n) is 10.8. The molecule has 0 saturated heterocycles. The minimum absolute atomic E-state index is 0.0557. The van der Waals surface area contributed by atoms with Crippen LogP contribution in [0.2, 0.25) is 0 Å². The van der Waals surface area contributed by atoms with E-state index in [1.54, 1.807) is 0 Å². The fraction of sp³-hybridized carbons (Fsp3) is 0.476. The molecule has 0 aromatic carbocycles. The van der Waals surface area contributed by atoms with Gasteiger partial charge >= 0.3 is 5.69 Å². The quantitative estimate of drug-likeness (QED) is 0.379. The molecule has 0 bridgehead atoms. The summed E-state index contributed by atoms with van der Waals surface area (Å²) in [5.74, 6) is -0.0590. The molecule has 1 saturated carbocycles. The van der Waals surface area contributed by atoms with Crippen molar-refractivity contribution >= 4 is 50.7 Å². The largest absolute Gasteiger partial charge is 0.383 e. The summed E-state index contributed by atoms with van der Waals surface area (Å²) in [5.41, 5.74) is 6.09. The molecule has 1 aliphatic rings. The average molecular weight is 475 g/mol. The second-order valence-electron chi connectivity index (χ2n) is 7.80. The fourth-order valence-electron chi connectivity index (χ4n) is 4.09. The van der Waals surface area contributed by atoms with E-state index < -0.39 is 11.2 Å². The van der Waals surface area contributed by atoms with Gasteiger partial charge in [-0.3, -0.25) is 19.1 Å². The van der Waals surface area contributed by atoms with Gasteiger partial charge in [-0.1, -0.05) is 37.9 Å². The maximum Gasteiger partial charge on any atom is 0.330 e. The molecule has 0 aliphatic heterocycles. The van der Waals surface area contributed by atoms with Gasteiger partial charge in [0.05, 0.1) is 16.0 Å². The molecule has 0 radical (unpaired) electrons. The molecule has 3 aromatic rings. The lowest BCUT2D eigenvalue weighted by Crippen LogP contribution is -2.46. The minimum Gasteiger partial charge on any atom is -0.383 e. The van der Waals surface area contributed by atoms with Crippen LogP contribution in [0.5, 0.6) is 0 Å². The van der Waals surface area contributed by atoms with Crippen molar-refractivity contribution in [2.75, 3.05) is 16.4 Å². The number of carbonyl (C=O) groups excluding carboxylic acids is 1. The molecule has 9 nitrogen and oxygen atoms in total. The highest BCUT2D eigenvalue weighted by Gasteiger charge is 2.32. The van der Waals surface area contributed by atoms with Gasteiger partial charge < -0.3 is 10.6 Å². The van der Waals surface area contributed by atoms with E-state index in [2.05, 4.69) is 15.0 Å². The Morgan fingerprint density at radius 1 is 1.34 bits per heavy atom.